The molecule has 0 saturated carbocycles. The summed E-state index contributed by atoms with van der Waals surface area (Å²) < 4.78 is 19.3. The average Bonchev–Trinajstić information content (AvgIpc) is 3.19. The van der Waals surface area contributed by atoms with Gasteiger partial charge in [-0.3, -0.25) is 4.90 Å². The lowest BCUT2D eigenvalue weighted by Gasteiger charge is -2.26. The molecule has 0 amide bonds. The third-order valence-electron chi connectivity index (χ3n) is 4.96. The molecule has 1 saturated heterocycles. The van der Waals surface area contributed by atoms with Crippen molar-refractivity contribution in [3.8, 4) is 10.4 Å². The maximum Gasteiger partial charge on any atom is 0.131 e. The molecule has 0 aliphatic carbocycles. The van der Waals surface area contributed by atoms with Gasteiger partial charge in [-0.25, -0.2) is 4.39 Å². The molecule has 1 aliphatic heterocycles. The normalized spacial score (nSPS) is 15.0. The van der Waals surface area contributed by atoms with Crippen molar-refractivity contribution < 1.29 is 9.13 Å². The molecule has 3 nitrogen and oxygen atoms in total. The lowest BCUT2D eigenvalue weighted by Crippen LogP contribution is -2.35. The van der Waals surface area contributed by atoms with Crippen molar-refractivity contribution in [2.24, 2.45) is 0 Å². The van der Waals surface area contributed by atoms with Gasteiger partial charge in [0.25, 0.3) is 0 Å². The van der Waals surface area contributed by atoms with Gasteiger partial charge in [0.2, 0.25) is 0 Å². The monoisotopic (exact) mass is 396 g/mol. The van der Waals surface area contributed by atoms with Gasteiger partial charge in [0, 0.05) is 48.0 Å². The summed E-state index contributed by atoms with van der Waals surface area (Å²) in [5, 5.41) is 3.49. The molecule has 1 aliphatic rings. The predicted molar refractivity (Wildman–Crippen MR) is 113 cm³/mol. The van der Waals surface area contributed by atoms with Crippen molar-refractivity contribution in [1.82, 2.24) is 10.2 Å². The summed E-state index contributed by atoms with van der Waals surface area (Å²) in [6.07, 6.45) is 0. The first-order valence-corrected chi connectivity index (χ1v) is 10.5. The van der Waals surface area contributed by atoms with Crippen LogP contribution >= 0.6 is 11.3 Å². The topological polar surface area (TPSA) is 24.5 Å². The zero-order valence-corrected chi connectivity index (χ0v) is 16.7. The SMILES string of the molecule is Fc1ccccc1-c1ccc(CNCc2ccc(CN3CCOCC3)cc2)s1. The summed E-state index contributed by atoms with van der Waals surface area (Å²) in [6, 6.07) is 19.8. The van der Waals surface area contributed by atoms with Crippen LogP contribution in [0, 0.1) is 5.82 Å². The summed E-state index contributed by atoms with van der Waals surface area (Å²) in [5.74, 6) is -0.166. The molecule has 2 heterocycles. The zero-order valence-electron chi connectivity index (χ0n) is 15.9. The second kappa shape index (κ2) is 9.43. The van der Waals surface area contributed by atoms with Gasteiger partial charge < -0.3 is 10.1 Å². The molecule has 0 spiro atoms. The predicted octanol–water partition coefficient (Wildman–Crippen LogP) is 4.68. The van der Waals surface area contributed by atoms with Gasteiger partial charge in [-0.15, -0.1) is 11.3 Å². The van der Waals surface area contributed by atoms with Gasteiger partial charge >= 0.3 is 0 Å². The van der Waals surface area contributed by atoms with E-state index in [1.165, 1.54) is 22.1 Å². The number of nitrogens with one attached hydrogen (secondary N) is 1. The van der Waals surface area contributed by atoms with Crippen LogP contribution in [0.3, 0.4) is 0 Å². The smallest absolute Gasteiger partial charge is 0.131 e. The van der Waals surface area contributed by atoms with E-state index >= 15 is 0 Å². The first kappa shape index (κ1) is 19.3. The molecule has 4 rings (SSSR count). The van der Waals surface area contributed by atoms with Crippen LogP contribution in [0.5, 0.6) is 0 Å². The average molecular weight is 397 g/mol. The van der Waals surface area contributed by atoms with Crippen LogP contribution in [0.2, 0.25) is 0 Å². The third kappa shape index (κ3) is 5.06. The van der Waals surface area contributed by atoms with E-state index in [9.17, 15) is 4.39 Å². The molecule has 1 aromatic heterocycles. The largest absolute Gasteiger partial charge is 0.379 e. The Morgan fingerprint density at radius 3 is 2.43 bits per heavy atom. The van der Waals surface area contributed by atoms with Gasteiger partial charge in [-0.1, -0.05) is 42.5 Å². The Morgan fingerprint density at radius 2 is 1.64 bits per heavy atom. The molecule has 146 valence electrons. The number of halogens is 1. The summed E-state index contributed by atoms with van der Waals surface area (Å²) in [4.78, 5) is 4.62. The molecule has 0 unspecified atom stereocenters. The van der Waals surface area contributed by atoms with Crippen molar-refractivity contribution in [3.05, 3.63) is 82.5 Å². The maximum absolute atomic E-state index is 13.9. The summed E-state index contributed by atoms with van der Waals surface area (Å²) in [6.45, 7) is 6.30. The molecule has 1 N–H and O–H groups in total. The minimum absolute atomic E-state index is 0.166. The van der Waals surface area contributed by atoms with Crippen molar-refractivity contribution in [3.63, 3.8) is 0 Å². The molecule has 3 aromatic rings. The van der Waals surface area contributed by atoms with E-state index in [-0.39, 0.29) is 5.82 Å². The number of benzene rings is 2. The Labute approximate surface area is 169 Å². The highest BCUT2D eigenvalue weighted by molar-refractivity contribution is 7.15. The van der Waals surface area contributed by atoms with E-state index in [0.717, 1.165) is 50.8 Å². The van der Waals surface area contributed by atoms with Gasteiger partial charge in [0.1, 0.15) is 5.82 Å². The molecule has 2 aromatic carbocycles. The van der Waals surface area contributed by atoms with Crippen LogP contribution in [0.25, 0.3) is 10.4 Å². The summed E-state index contributed by atoms with van der Waals surface area (Å²) in [7, 11) is 0. The first-order chi connectivity index (χ1) is 13.8. The lowest BCUT2D eigenvalue weighted by molar-refractivity contribution is 0.0342. The fourth-order valence-corrected chi connectivity index (χ4v) is 4.39. The van der Waals surface area contributed by atoms with Gasteiger partial charge in [-0.05, 0) is 29.3 Å². The fraction of sp³-hybridized carbons (Fsp3) is 0.304. The number of ether oxygens (including phenoxy) is 1. The molecule has 5 heteroatoms. The number of rotatable bonds is 7. The minimum Gasteiger partial charge on any atom is -0.379 e. The van der Waals surface area contributed by atoms with Crippen LogP contribution in [0.15, 0.2) is 60.7 Å². The van der Waals surface area contributed by atoms with E-state index in [1.807, 2.05) is 18.2 Å². The Kier molecular flexibility index (Phi) is 6.49. The minimum atomic E-state index is -0.166. The maximum atomic E-state index is 13.9. The molecular formula is C23H25FN2OS. The number of hydrogen-bond acceptors (Lipinski definition) is 4. The highest BCUT2D eigenvalue weighted by atomic mass is 32.1. The highest BCUT2D eigenvalue weighted by Gasteiger charge is 2.10. The number of morpholine rings is 1. The molecule has 0 bridgehead atoms. The van der Waals surface area contributed by atoms with E-state index in [1.54, 1.807) is 17.4 Å². The molecule has 28 heavy (non-hydrogen) atoms. The first-order valence-electron chi connectivity index (χ1n) is 9.70. The van der Waals surface area contributed by atoms with Crippen molar-refractivity contribution in [2.45, 2.75) is 19.6 Å². The van der Waals surface area contributed by atoms with E-state index < -0.39 is 0 Å². The number of nitrogens with zero attached hydrogens (tertiary/aromatic N) is 1. The Hall–Kier alpha value is -2.05. The molecule has 1 fully saturated rings. The number of thiophene rings is 1. The molecule has 0 radical (unpaired) electrons. The quantitative estimate of drug-likeness (QED) is 0.628. The van der Waals surface area contributed by atoms with Gasteiger partial charge in [0.15, 0.2) is 0 Å². The van der Waals surface area contributed by atoms with Crippen molar-refractivity contribution in [2.75, 3.05) is 26.3 Å². The van der Waals surface area contributed by atoms with E-state index in [2.05, 4.69) is 40.5 Å². The number of hydrogen-bond donors (Lipinski definition) is 1. The lowest BCUT2D eigenvalue weighted by atomic mass is 10.1. The van der Waals surface area contributed by atoms with Crippen LogP contribution < -0.4 is 5.32 Å². The second-order valence-corrected chi connectivity index (χ2v) is 8.22. The van der Waals surface area contributed by atoms with Gasteiger partial charge in [-0.2, -0.15) is 0 Å². The summed E-state index contributed by atoms with van der Waals surface area (Å²) in [5.41, 5.74) is 3.30. The van der Waals surface area contributed by atoms with Crippen molar-refractivity contribution >= 4 is 11.3 Å². The van der Waals surface area contributed by atoms with Gasteiger partial charge in [0.05, 0.1) is 13.2 Å². The second-order valence-electron chi connectivity index (χ2n) is 7.05. The van der Waals surface area contributed by atoms with Crippen LogP contribution in [-0.4, -0.2) is 31.2 Å². The highest BCUT2D eigenvalue weighted by Crippen LogP contribution is 2.29. The Balaban J connectivity index is 1.27. The zero-order chi connectivity index (χ0) is 19.2. The fourth-order valence-electron chi connectivity index (χ4n) is 3.39. The standard InChI is InChI=1S/C23H25FN2OS/c24-22-4-2-1-3-21(22)23-10-9-20(28-23)16-25-15-18-5-7-19(8-6-18)17-26-11-13-27-14-12-26/h1-10,25H,11-17H2. The van der Waals surface area contributed by atoms with Crippen LogP contribution in [-0.2, 0) is 24.4 Å². The van der Waals surface area contributed by atoms with Crippen LogP contribution in [0.4, 0.5) is 4.39 Å². The molecular weight excluding hydrogens is 371 g/mol. The Bertz CT molecular complexity index is 888. The molecule has 0 atom stereocenters. The van der Waals surface area contributed by atoms with Crippen molar-refractivity contribution in [1.29, 1.82) is 0 Å². The summed E-state index contributed by atoms with van der Waals surface area (Å²) >= 11 is 1.64. The van der Waals surface area contributed by atoms with Crippen LogP contribution in [0.1, 0.15) is 16.0 Å². The van der Waals surface area contributed by atoms with E-state index in [0.29, 0.717) is 5.56 Å². The Morgan fingerprint density at radius 1 is 0.893 bits per heavy atom. The van der Waals surface area contributed by atoms with E-state index in [4.69, 9.17) is 4.74 Å². The third-order valence-corrected chi connectivity index (χ3v) is 6.08.